The first kappa shape index (κ1) is 25.1. The van der Waals surface area contributed by atoms with Crippen LogP contribution in [0.15, 0.2) is 94.5 Å². The van der Waals surface area contributed by atoms with Crippen molar-refractivity contribution in [1.29, 1.82) is 0 Å². The van der Waals surface area contributed by atoms with Crippen molar-refractivity contribution in [3.8, 4) is 5.75 Å². The number of rotatable bonds is 7. The Morgan fingerprint density at radius 2 is 1.69 bits per heavy atom. The van der Waals surface area contributed by atoms with Gasteiger partial charge in [0.1, 0.15) is 5.75 Å². The second kappa shape index (κ2) is 11.6. The highest BCUT2D eigenvalue weighted by Crippen LogP contribution is 2.23. The molecule has 0 bridgehead atoms. The molecule has 4 aromatic rings. The number of carbonyl (C=O) groups is 3. The largest absolute Gasteiger partial charge is 0.422 e. The highest BCUT2D eigenvalue weighted by Gasteiger charge is 2.13. The summed E-state index contributed by atoms with van der Waals surface area (Å²) < 4.78 is 6.21. The molecule has 0 saturated carbocycles. The SMILES string of the molecule is O=C(CNC(=O)c1cccc2ccccc12)N/N=C\c1cc(Br)ccc1OC(=O)c1ccc(Cl)cc1. The molecule has 0 aliphatic carbocycles. The van der Waals surface area contributed by atoms with Crippen LogP contribution in [0.4, 0.5) is 0 Å². The number of amides is 2. The molecule has 0 spiro atoms. The van der Waals surface area contributed by atoms with E-state index >= 15 is 0 Å². The van der Waals surface area contributed by atoms with Crippen LogP contribution in [0.3, 0.4) is 0 Å². The number of nitrogens with zero attached hydrogens (tertiary/aromatic N) is 1. The second-order valence-corrected chi connectivity index (χ2v) is 8.93. The van der Waals surface area contributed by atoms with Crippen LogP contribution in [-0.4, -0.2) is 30.5 Å². The maximum atomic E-state index is 12.6. The molecule has 0 radical (unpaired) electrons. The molecule has 4 aromatic carbocycles. The summed E-state index contributed by atoms with van der Waals surface area (Å²) in [5, 5.41) is 8.76. The lowest BCUT2D eigenvalue weighted by atomic mass is 10.0. The molecule has 36 heavy (non-hydrogen) atoms. The van der Waals surface area contributed by atoms with Crippen molar-refractivity contribution < 1.29 is 19.1 Å². The van der Waals surface area contributed by atoms with Gasteiger partial charge in [-0.05, 0) is 59.3 Å². The number of carbonyl (C=O) groups excluding carboxylic acids is 3. The van der Waals surface area contributed by atoms with Crippen molar-refractivity contribution in [2.75, 3.05) is 6.54 Å². The van der Waals surface area contributed by atoms with E-state index in [-0.39, 0.29) is 18.2 Å². The molecule has 7 nitrogen and oxygen atoms in total. The molecule has 2 N–H and O–H groups in total. The van der Waals surface area contributed by atoms with E-state index in [9.17, 15) is 14.4 Å². The molecule has 2 amide bonds. The van der Waals surface area contributed by atoms with Crippen molar-refractivity contribution >= 4 is 62.3 Å². The Labute approximate surface area is 220 Å². The quantitative estimate of drug-likeness (QED) is 0.137. The Bertz CT molecular complexity index is 1470. The molecule has 0 atom stereocenters. The number of hydrogen-bond donors (Lipinski definition) is 2. The van der Waals surface area contributed by atoms with Gasteiger partial charge in [0, 0.05) is 20.6 Å². The van der Waals surface area contributed by atoms with Gasteiger partial charge in [-0.15, -0.1) is 0 Å². The average Bonchev–Trinajstić information content (AvgIpc) is 2.88. The molecule has 9 heteroatoms. The second-order valence-electron chi connectivity index (χ2n) is 7.58. The summed E-state index contributed by atoms with van der Waals surface area (Å²) in [6.45, 7) is -0.268. The topological polar surface area (TPSA) is 96.9 Å². The van der Waals surface area contributed by atoms with Gasteiger partial charge < -0.3 is 10.1 Å². The highest BCUT2D eigenvalue weighted by molar-refractivity contribution is 9.10. The van der Waals surface area contributed by atoms with Gasteiger partial charge in [-0.2, -0.15) is 5.10 Å². The Kier molecular flexibility index (Phi) is 8.10. The lowest BCUT2D eigenvalue weighted by Crippen LogP contribution is -2.35. The van der Waals surface area contributed by atoms with E-state index in [2.05, 4.69) is 31.8 Å². The molecule has 0 aliphatic heterocycles. The van der Waals surface area contributed by atoms with E-state index in [0.717, 1.165) is 15.2 Å². The molecular formula is C27H19BrClN3O4. The first-order valence-electron chi connectivity index (χ1n) is 10.8. The molecule has 0 aromatic heterocycles. The first-order chi connectivity index (χ1) is 17.4. The predicted molar refractivity (Wildman–Crippen MR) is 143 cm³/mol. The third kappa shape index (κ3) is 6.35. The number of hydrogen-bond acceptors (Lipinski definition) is 5. The van der Waals surface area contributed by atoms with Gasteiger partial charge in [-0.3, -0.25) is 9.59 Å². The first-order valence-corrected chi connectivity index (χ1v) is 11.9. The minimum atomic E-state index is -0.566. The normalized spacial score (nSPS) is 10.8. The number of nitrogens with one attached hydrogen (secondary N) is 2. The van der Waals surface area contributed by atoms with Gasteiger partial charge in [0.2, 0.25) is 0 Å². The van der Waals surface area contributed by atoms with E-state index in [0.29, 0.717) is 21.7 Å². The van der Waals surface area contributed by atoms with Gasteiger partial charge in [0.15, 0.2) is 0 Å². The molecule has 0 saturated heterocycles. The van der Waals surface area contributed by atoms with E-state index in [4.69, 9.17) is 16.3 Å². The molecule has 4 rings (SSSR count). The molecule has 0 aliphatic rings. The molecule has 0 fully saturated rings. The number of ether oxygens (including phenoxy) is 1. The molecule has 0 heterocycles. The summed E-state index contributed by atoms with van der Waals surface area (Å²) in [5.41, 5.74) is 3.62. The van der Waals surface area contributed by atoms with E-state index in [1.54, 1.807) is 54.6 Å². The van der Waals surface area contributed by atoms with Crippen LogP contribution in [0.2, 0.25) is 5.02 Å². The zero-order valence-corrected chi connectivity index (χ0v) is 21.0. The molecule has 180 valence electrons. The minimum Gasteiger partial charge on any atom is -0.422 e. The predicted octanol–water partition coefficient (Wildman–Crippen LogP) is 5.36. The third-order valence-corrected chi connectivity index (χ3v) is 5.84. The van der Waals surface area contributed by atoms with Crippen LogP contribution in [0, 0.1) is 0 Å². The summed E-state index contributed by atoms with van der Waals surface area (Å²) in [6, 6.07) is 24.2. The maximum absolute atomic E-state index is 12.6. The Hall–Kier alpha value is -4.01. The zero-order valence-electron chi connectivity index (χ0n) is 18.7. The summed E-state index contributed by atoms with van der Waals surface area (Å²) in [4.78, 5) is 37.3. The van der Waals surface area contributed by atoms with Crippen molar-refractivity contribution in [2.24, 2.45) is 5.10 Å². The fourth-order valence-corrected chi connectivity index (χ4v) is 3.86. The Morgan fingerprint density at radius 3 is 2.50 bits per heavy atom. The van der Waals surface area contributed by atoms with E-state index in [1.807, 2.05) is 30.3 Å². The number of fused-ring (bicyclic) bond motifs is 1. The third-order valence-electron chi connectivity index (χ3n) is 5.09. The van der Waals surface area contributed by atoms with Gasteiger partial charge in [0.25, 0.3) is 11.8 Å². The van der Waals surface area contributed by atoms with Crippen LogP contribution in [0.25, 0.3) is 10.8 Å². The zero-order chi connectivity index (χ0) is 25.5. The Balaban J connectivity index is 1.36. The van der Waals surface area contributed by atoms with E-state index < -0.39 is 11.9 Å². The lowest BCUT2D eigenvalue weighted by molar-refractivity contribution is -0.120. The van der Waals surface area contributed by atoms with Crippen molar-refractivity contribution in [2.45, 2.75) is 0 Å². The number of benzene rings is 4. The molecular weight excluding hydrogens is 546 g/mol. The van der Waals surface area contributed by atoms with Crippen LogP contribution in [0.1, 0.15) is 26.3 Å². The van der Waals surface area contributed by atoms with Crippen LogP contribution < -0.4 is 15.5 Å². The van der Waals surface area contributed by atoms with Crippen LogP contribution in [-0.2, 0) is 4.79 Å². The summed E-state index contributed by atoms with van der Waals surface area (Å²) in [6.07, 6.45) is 1.35. The minimum absolute atomic E-state index is 0.250. The van der Waals surface area contributed by atoms with Gasteiger partial charge in [-0.25, -0.2) is 10.2 Å². The van der Waals surface area contributed by atoms with Crippen molar-refractivity contribution in [3.63, 3.8) is 0 Å². The standard InChI is InChI=1S/C27H19BrClN3O4/c28-20-10-13-24(36-27(35)18-8-11-21(29)12-9-18)19(14-20)15-31-32-25(33)16-30-26(34)23-7-3-5-17-4-1-2-6-22(17)23/h1-15H,16H2,(H,30,34)(H,32,33)/b31-15-. The maximum Gasteiger partial charge on any atom is 0.343 e. The van der Waals surface area contributed by atoms with Gasteiger partial charge in [-0.1, -0.05) is 63.9 Å². The van der Waals surface area contributed by atoms with Crippen molar-refractivity contribution in [1.82, 2.24) is 10.7 Å². The van der Waals surface area contributed by atoms with Crippen molar-refractivity contribution in [3.05, 3.63) is 111 Å². The van der Waals surface area contributed by atoms with E-state index in [1.165, 1.54) is 6.21 Å². The molecule has 0 unspecified atom stereocenters. The number of hydrazone groups is 1. The smallest absolute Gasteiger partial charge is 0.343 e. The number of esters is 1. The summed E-state index contributed by atoms with van der Waals surface area (Å²) in [7, 11) is 0. The average molecular weight is 565 g/mol. The Morgan fingerprint density at radius 1 is 0.944 bits per heavy atom. The summed E-state index contributed by atoms with van der Waals surface area (Å²) in [5.74, 6) is -1.20. The van der Waals surface area contributed by atoms with Gasteiger partial charge in [0.05, 0.1) is 18.3 Å². The fraction of sp³-hybridized carbons (Fsp3) is 0.0370. The summed E-state index contributed by atoms with van der Waals surface area (Å²) >= 11 is 9.23. The fourth-order valence-electron chi connectivity index (χ4n) is 3.35. The van der Waals surface area contributed by atoms with Gasteiger partial charge >= 0.3 is 5.97 Å². The van der Waals surface area contributed by atoms with Crippen LogP contribution in [0.5, 0.6) is 5.75 Å². The highest BCUT2D eigenvalue weighted by atomic mass is 79.9. The van der Waals surface area contributed by atoms with Crippen LogP contribution >= 0.6 is 27.5 Å². The number of halogens is 2. The lowest BCUT2D eigenvalue weighted by Gasteiger charge is -2.09. The monoisotopic (exact) mass is 563 g/mol.